The predicted octanol–water partition coefficient (Wildman–Crippen LogP) is 2.25. The summed E-state index contributed by atoms with van der Waals surface area (Å²) in [6, 6.07) is 8.48. The first-order valence-corrected chi connectivity index (χ1v) is 7.16. The molecule has 3 heteroatoms. The monoisotopic (exact) mass is 260 g/mol. The third kappa shape index (κ3) is 3.80. The van der Waals surface area contributed by atoms with Crippen LogP contribution in [0.25, 0.3) is 0 Å². The first kappa shape index (κ1) is 14.1. The van der Waals surface area contributed by atoms with Crippen LogP contribution in [0.2, 0.25) is 0 Å². The van der Waals surface area contributed by atoms with Gasteiger partial charge in [-0.1, -0.05) is 38.1 Å². The molecule has 2 unspecified atom stereocenters. The predicted molar refractivity (Wildman–Crippen MR) is 77.8 cm³/mol. The number of benzene rings is 1. The third-order valence-electron chi connectivity index (χ3n) is 3.61. The van der Waals surface area contributed by atoms with E-state index >= 15 is 0 Å². The maximum Gasteiger partial charge on any atom is 0.237 e. The van der Waals surface area contributed by atoms with Crippen LogP contribution in [0.4, 0.5) is 0 Å². The van der Waals surface area contributed by atoms with Crippen LogP contribution in [0.3, 0.4) is 0 Å². The van der Waals surface area contributed by atoms with Gasteiger partial charge in [-0.3, -0.25) is 4.79 Å². The Morgan fingerprint density at radius 2 is 2.00 bits per heavy atom. The second kappa shape index (κ2) is 6.20. The van der Waals surface area contributed by atoms with E-state index in [-0.39, 0.29) is 18.0 Å². The molecule has 1 heterocycles. The summed E-state index contributed by atoms with van der Waals surface area (Å²) in [6.45, 7) is 7.22. The number of hydrogen-bond acceptors (Lipinski definition) is 2. The van der Waals surface area contributed by atoms with E-state index in [0.29, 0.717) is 5.92 Å². The Hall–Kier alpha value is -1.35. The molecule has 0 saturated carbocycles. The Morgan fingerprint density at radius 1 is 1.32 bits per heavy atom. The van der Waals surface area contributed by atoms with Crippen molar-refractivity contribution in [1.29, 1.82) is 0 Å². The SMILES string of the molecule is CC(C)CC(C)NC(=O)C1Cc2ccccc2CN1. The van der Waals surface area contributed by atoms with E-state index in [1.165, 1.54) is 11.1 Å². The molecular weight excluding hydrogens is 236 g/mol. The molecule has 2 rings (SSSR count). The Morgan fingerprint density at radius 3 is 2.68 bits per heavy atom. The van der Waals surface area contributed by atoms with E-state index < -0.39 is 0 Å². The normalized spacial score (nSPS) is 19.9. The summed E-state index contributed by atoms with van der Waals surface area (Å²) in [6.07, 6.45) is 1.81. The lowest BCUT2D eigenvalue weighted by Gasteiger charge is -2.27. The number of rotatable bonds is 4. The summed E-state index contributed by atoms with van der Waals surface area (Å²) >= 11 is 0. The summed E-state index contributed by atoms with van der Waals surface area (Å²) < 4.78 is 0. The van der Waals surface area contributed by atoms with E-state index in [1.54, 1.807) is 0 Å². The summed E-state index contributed by atoms with van der Waals surface area (Å²) in [5.41, 5.74) is 2.60. The van der Waals surface area contributed by atoms with E-state index in [4.69, 9.17) is 0 Å². The fourth-order valence-corrected chi connectivity index (χ4v) is 2.75. The van der Waals surface area contributed by atoms with Gasteiger partial charge in [0.2, 0.25) is 5.91 Å². The van der Waals surface area contributed by atoms with Crippen molar-refractivity contribution in [1.82, 2.24) is 10.6 Å². The number of carbonyl (C=O) groups is 1. The smallest absolute Gasteiger partial charge is 0.237 e. The number of nitrogens with one attached hydrogen (secondary N) is 2. The van der Waals surface area contributed by atoms with Gasteiger partial charge in [-0.2, -0.15) is 0 Å². The first-order valence-electron chi connectivity index (χ1n) is 7.16. The van der Waals surface area contributed by atoms with Crippen LogP contribution in [0, 0.1) is 5.92 Å². The molecule has 1 aliphatic heterocycles. The fourth-order valence-electron chi connectivity index (χ4n) is 2.75. The molecule has 2 N–H and O–H groups in total. The molecule has 104 valence electrons. The zero-order valence-electron chi connectivity index (χ0n) is 12.1. The van der Waals surface area contributed by atoms with Crippen LogP contribution < -0.4 is 10.6 Å². The highest BCUT2D eigenvalue weighted by atomic mass is 16.2. The van der Waals surface area contributed by atoms with Gasteiger partial charge in [0.15, 0.2) is 0 Å². The van der Waals surface area contributed by atoms with Gasteiger partial charge in [0, 0.05) is 12.6 Å². The van der Waals surface area contributed by atoms with Crippen molar-refractivity contribution >= 4 is 5.91 Å². The van der Waals surface area contributed by atoms with E-state index in [9.17, 15) is 4.79 Å². The van der Waals surface area contributed by atoms with Gasteiger partial charge >= 0.3 is 0 Å². The van der Waals surface area contributed by atoms with Crippen LogP contribution in [-0.2, 0) is 17.8 Å². The molecule has 0 saturated heterocycles. The molecule has 2 atom stereocenters. The van der Waals surface area contributed by atoms with Crippen LogP contribution in [0.1, 0.15) is 38.3 Å². The molecule has 1 aromatic carbocycles. The topological polar surface area (TPSA) is 41.1 Å². The zero-order valence-corrected chi connectivity index (χ0v) is 12.1. The van der Waals surface area contributed by atoms with Crippen molar-refractivity contribution in [2.24, 2.45) is 5.92 Å². The maximum absolute atomic E-state index is 12.2. The van der Waals surface area contributed by atoms with Gasteiger partial charge in [-0.05, 0) is 36.8 Å². The standard InChI is InChI=1S/C16H24N2O/c1-11(2)8-12(3)18-16(19)15-9-13-6-4-5-7-14(13)10-17-15/h4-7,11-12,15,17H,8-10H2,1-3H3,(H,18,19). The van der Waals surface area contributed by atoms with Crippen LogP contribution in [0.15, 0.2) is 24.3 Å². The molecular formula is C16H24N2O. The van der Waals surface area contributed by atoms with Gasteiger partial charge in [-0.25, -0.2) is 0 Å². The van der Waals surface area contributed by atoms with Crippen molar-refractivity contribution < 1.29 is 4.79 Å². The quantitative estimate of drug-likeness (QED) is 0.872. The average molecular weight is 260 g/mol. The lowest BCUT2D eigenvalue weighted by Crippen LogP contribution is -2.50. The lowest BCUT2D eigenvalue weighted by atomic mass is 9.95. The molecule has 1 aromatic rings. The first-order chi connectivity index (χ1) is 9.06. The number of hydrogen-bond donors (Lipinski definition) is 2. The van der Waals surface area contributed by atoms with Gasteiger partial charge in [0.1, 0.15) is 0 Å². The van der Waals surface area contributed by atoms with Crippen molar-refractivity contribution in [3.63, 3.8) is 0 Å². The highest BCUT2D eigenvalue weighted by molar-refractivity contribution is 5.82. The molecule has 3 nitrogen and oxygen atoms in total. The molecule has 19 heavy (non-hydrogen) atoms. The molecule has 0 fully saturated rings. The Bertz CT molecular complexity index is 442. The molecule has 0 radical (unpaired) electrons. The largest absolute Gasteiger partial charge is 0.352 e. The number of amides is 1. The zero-order chi connectivity index (χ0) is 13.8. The lowest BCUT2D eigenvalue weighted by molar-refractivity contribution is -0.124. The third-order valence-corrected chi connectivity index (χ3v) is 3.61. The molecule has 0 bridgehead atoms. The highest BCUT2D eigenvalue weighted by Gasteiger charge is 2.24. The Kier molecular flexibility index (Phi) is 4.59. The summed E-state index contributed by atoms with van der Waals surface area (Å²) in [5, 5.41) is 6.43. The molecule has 0 aliphatic carbocycles. The molecule has 1 amide bonds. The van der Waals surface area contributed by atoms with E-state index in [2.05, 4.69) is 43.5 Å². The van der Waals surface area contributed by atoms with Crippen molar-refractivity contribution in [2.75, 3.05) is 0 Å². The van der Waals surface area contributed by atoms with E-state index in [1.807, 2.05) is 12.1 Å². The van der Waals surface area contributed by atoms with Crippen LogP contribution in [0.5, 0.6) is 0 Å². The van der Waals surface area contributed by atoms with Crippen LogP contribution >= 0.6 is 0 Å². The van der Waals surface area contributed by atoms with Crippen molar-refractivity contribution in [2.45, 2.75) is 52.2 Å². The Balaban J connectivity index is 1.92. The molecule has 1 aliphatic rings. The molecule has 0 aromatic heterocycles. The highest BCUT2D eigenvalue weighted by Crippen LogP contribution is 2.16. The minimum Gasteiger partial charge on any atom is -0.352 e. The Labute approximate surface area is 115 Å². The number of carbonyl (C=O) groups excluding carboxylic acids is 1. The average Bonchev–Trinajstić information content (AvgIpc) is 2.37. The summed E-state index contributed by atoms with van der Waals surface area (Å²) in [5.74, 6) is 0.734. The van der Waals surface area contributed by atoms with Crippen molar-refractivity contribution in [3.05, 3.63) is 35.4 Å². The summed E-state index contributed by atoms with van der Waals surface area (Å²) in [4.78, 5) is 12.2. The maximum atomic E-state index is 12.2. The van der Waals surface area contributed by atoms with Gasteiger partial charge < -0.3 is 10.6 Å². The van der Waals surface area contributed by atoms with Gasteiger partial charge in [0.05, 0.1) is 6.04 Å². The number of fused-ring (bicyclic) bond motifs is 1. The summed E-state index contributed by atoms with van der Waals surface area (Å²) in [7, 11) is 0. The van der Waals surface area contributed by atoms with Gasteiger partial charge in [0.25, 0.3) is 0 Å². The second-order valence-electron chi connectivity index (χ2n) is 5.95. The minimum absolute atomic E-state index is 0.0930. The molecule has 0 spiro atoms. The van der Waals surface area contributed by atoms with Crippen molar-refractivity contribution in [3.8, 4) is 0 Å². The van der Waals surface area contributed by atoms with E-state index in [0.717, 1.165) is 19.4 Å². The second-order valence-corrected chi connectivity index (χ2v) is 5.95. The minimum atomic E-state index is -0.0930. The van der Waals surface area contributed by atoms with Gasteiger partial charge in [-0.15, -0.1) is 0 Å². The fraction of sp³-hybridized carbons (Fsp3) is 0.562. The van der Waals surface area contributed by atoms with Crippen LogP contribution in [-0.4, -0.2) is 18.0 Å².